The monoisotopic (exact) mass is 305 g/mol. The Morgan fingerprint density at radius 3 is 2.36 bits per heavy atom. The van der Waals surface area contributed by atoms with Crippen molar-refractivity contribution in [1.82, 2.24) is 10.8 Å². The fraction of sp³-hybridized carbons (Fsp3) is 0.333. The SMILES string of the molecule is CC(C)(N)[C@H](NC(=O)c1ccc(C#CCO)cc1)C(=O)NO. The maximum absolute atomic E-state index is 12.1. The van der Waals surface area contributed by atoms with E-state index in [2.05, 4.69) is 17.2 Å². The van der Waals surface area contributed by atoms with Crippen LogP contribution in [0.3, 0.4) is 0 Å². The third-order valence-electron chi connectivity index (χ3n) is 2.85. The van der Waals surface area contributed by atoms with Crippen molar-refractivity contribution in [3.8, 4) is 11.8 Å². The number of benzene rings is 1. The number of hydrogen-bond acceptors (Lipinski definition) is 5. The molecule has 1 rings (SSSR count). The molecule has 7 nitrogen and oxygen atoms in total. The summed E-state index contributed by atoms with van der Waals surface area (Å²) in [6.45, 7) is 2.87. The lowest BCUT2D eigenvalue weighted by molar-refractivity contribution is -0.132. The second-order valence-corrected chi connectivity index (χ2v) is 5.24. The van der Waals surface area contributed by atoms with E-state index in [0.717, 1.165) is 0 Å². The van der Waals surface area contributed by atoms with Crippen LogP contribution in [0.4, 0.5) is 0 Å². The lowest BCUT2D eigenvalue weighted by Gasteiger charge is -2.29. The number of nitrogens with two attached hydrogens (primary N) is 1. The van der Waals surface area contributed by atoms with Crippen LogP contribution in [-0.2, 0) is 4.79 Å². The van der Waals surface area contributed by atoms with E-state index in [1.807, 2.05) is 0 Å². The summed E-state index contributed by atoms with van der Waals surface area (Å²) in [6.07, 6.45) is 0. The van der Waals surface area contributed by atoms with Gasteiger partial charge in [0, 0.05) is 16.7 Å². The molecule has 1 atom stereocenters. The van der Waals surface area contributed by atoms with Crippen LogP contribution in [0, 0.1) is 11.8 Å². The van der Waals surface area contributed by atoms with Gasteiger partial charge in [0.05, 0.1) is 0 Å². The predicted octanol–water partition coefficient (Wildman–Crippen LogP) is -0.628. The van der Waals surface area contributed by atoms with Gasteiger partial charge in [0.1, 0.15) is 12.6 Å². The van der Waals surface area contributed by atoms with Crippen molar-refractivity contribution < 1.29 is 19.9 Å². The molecule has 0 aromatic heterocycles. The minimum atomic E-state index is -1.10. The first-order valence-electron chi connectivity index (χ1n) is 6.53. The zero-order valence-electron chi connectivity index (χ0n) is 12.4. The molecule has 0 saturated carbocycles. The summed E-state index contributed by atoms with van der Waals surface area (Å²) in [5.74, 6) is 3.89. The van der Waals surface area contributed by atoms with Crippen LogP contribution in [0.1, 0.15) is 29.8 Å². The predicted molar refractivity (Wildman–Crippen MR) is 79.9 cm³/mol. The van der Waals surface area contributed by atoms with Gasteiger partial charge in [0.2, 0.25) is 0 Å². The van der Waals surface area contributed by atoms with Crippen LogP contribution in [0.25, 0.3) is 0 Å². The summed E-state index contributed by atoms with van der Waals surface area (Å²) in [5.41, 5.74) is 7.22. The molecule has 0 heterocycles. The summed E-state index contributed by atoms with van der Waals surface area (Å²) >= 11 is 0. The Bertz CT molecular complexity index is 594. The molecule has 118 valence electrons. The molecule has 1 aromatic carbocycles. The van der Waals surface area contributed by atoms with E-state index >= 15 is 0 Å². The molecule has 0 bridgehead atoms. The number of carbonyl (C=O) groups is 2. The Labute approximate surface area is 128 Å². The highest BCUT2D eigenvalue weighted by molar-refractivity contribution is 5.97. The lowest BCUT2D eigenvalue weighted by atomic mass is 9.95. The second-order valence-electron chi connectivity index (χ2n) is 5.24. The molecule has 0 saturated heterocycles. The highest BCUT2D eigenvalue weighted by Crippen LogP contribution is 2.08. The van der Waals surface area contributed by atoms with Crippen molar-refractivity contribution in [1.29, 1.82) is 0 Å². The number of carbonyl (C=O) groups excluding carboxylic acids is 2. The smallest absolute Gasteiger partial charge is 0.267 e. The van der Waals surface area contributed by atoms with Crippen LogP contribution in [-0.4, -0.2) is 40.3 Å². The first kappa shape index (κ1) is 17.7. The van der Waals surface area contributed by atoms with E-state index in [4.69, 9.17) is 16.0 Å². The third-order valence-corrected chi connectivity index (χ3v) is 2.85. The fourth-order valence-electron chi connectivity index (χ4n) is 1.71. The first-order chi connectivity index (χ1) is 10.3. The average molecular weight is 305 g/mol. The van der Waals surface area contributed by atoms with E-state index in [1.54, 1.807) is 26.0 Å². The van der Waals surface area contributed by atoms with E-state index in [0.29, 0.717) is 11.1 Å². The summed E-state index contributed by atoms with van der Waals surface area (Å²) in [5, 5.41) is 19.8. The van der Waals surface area contributed by atoms with Crippen LogP contribution in [0.5, 0.6) is 0 Å². The van der Waals surface area contributed by atoms with E-state index in [-0.39, 0.29) is 6.61 Å². The van der Waals surface area contributed by atoms with Crippen LogP contribution in [0.15, 0.2) is 24.3 Å². The molecule has 0 spiro atoms. The first-order valence-corrected chi connectivity index (χ1v) is 6.53. The van der Waals surface area contributed by atoms with E-state index < -0.39 is 23.4 Å². The van der Waals surface area contributed by atoms with Gasteiger partial charge in [-0.25, -0.2) is 5.48 Å². The maximum atomic E-state index is 12.1. The van der Waals surface area contributed by atoms with Crippen molar-refractivity contribution in [2.24, 2.45) is 5.73 Å². The van der Waals surface area contributed by atoms with Gasteiger partial charge in [-0.2, -0.15) is 0 Å². The molecular weight excluding hydrogens is 286 g/mol. The molecule has 0 aliphatic carbocycles. The Morgan fingerprint density at radius 1 is 1.32 bits per heavy atom. The summed E-state index contributed by atoms with van der Waals surface area (Å²) in [7, 11) is 0. The van der Waals surface area contributed by atoms with E-state index in [9.17, 15) is 9.59 Å². The summed E-state index contributed by atoms with van der Waals surface area (Å²) in [6, 6.07) is 5.21. The Hall–Kier alpha value is -2.40. The lowest BCUT2D eigenvalue weighted by Crippen LogP contribution is -2.61. The molecular formula is C15H19N3O4. The van der Waals surface area contributed by atoms with Crippen molar-refractivity contribution in [2.75, 3.05) is 6.61 Å². The highest BCUT2D eigenvalue weighted by atomic mass is 16.5. The molecule has 1 aromatic rings. The quantitative estimate of drug-likeness (QED) is 0.288. The van der Waals surface area contributed by atoms with Gasteiger partial charge in [-0.1, -0.05) is 11.8 Å². The molecule has 0 aliphatic heterocycles. The Morgan fingerprint density at radius 2 is 1.91 bits per heavy atom. The number of rotatable bonds is 4. The molecule has 0 radical (unpaired) electrons. The van der Waals surface area contributed by atoms with Crippen molar-refractivity contribution in [3.05, 3.63) is 35.4 Å². The molecule has 6 N–H and O–H groups in total. The van der Waals surface area contributed by atoms with Gasteiger partial charge >= 0.3 is 0 Å². The fourth-order valence-corrected chi connectivity index (χ4v) is 1.71. The van der Waals surface area contributed by atoms with E-state index in [1.165, 1.54) is 17.6 Å². The van der Waals surface area contributed by atoms with Gasteiger partial charge in [-0.3, -0.25) is 14.8 Å². The van der Waals surface area contributed by atoms with Crippen LogP contribution in [0.2, 0.25) is 0 Å². The maximum Gasteiger partial charge on any atom is 0.267 e. The zero-order valence-corrected chi connectivity index (χ0v) is 12.4. The third kappa shape index (κ3) is 4.86. The number of nitrogens with one attached hydrogen (secondary N) is 2. The van der Waals surface area contributed by atoms with Gasteiger partial charge in [0.25, 0.3) is 11.8 Å². The Kier molecular flexibility index (Phi) is 6.07. The standard InChI is InChI=1S/C15H19N3O4/c1-15(2,16)12(14(21)18-22)17-13(20)11-7-5-10(6-8-11)4-3-9-19/h5-8,12,19,22H,9,16H2,1-2H3,(H,17,20)(H,18,21)/t12-/m1/s1. The second kappa shape index (κ2) is 7.56. The van der Waals surface area contributed by atoms with Gasteiger partial charge in [-0.15, -0.1) is 0 Å². The highest BCUT2D eigenvalue weighted by Gasteiger charge is 2.33. The summed E-state index contributed by atoms with van der Waals surface area (Å²) in [4.78, 5) is 23.7. The van der Waals surface area contributed by atoms with Crippen molar-refractivity contribution in [3.63, 3.8) is 0 Å². The number of aliphatic hydroxyl groups excluding tert-OH is 1. The molecule has 22 heavy (non-hydrogen) atoms. The largest absolute Gasteiger partial charge is 0.384 e. The van der Waals surface area contributed by atoms with Gasteiger partial charge in [0.15, 0.2) is 0 Å². The minimum absolute atomic E-state index is 0.244. The zero-order chi connectivity index (χ0) is 16.8. The van der Waals surface area contributed by atoms with Crippen LogP contribution < -0.4 is 16.5 Å². The number of amides is 2. The van der Waals surface area contributed by atoms with Crippen molar-refractivity contribution >= 4 is 11.8 Å². The molecule has 0 aliphatic rings. The number of hydrogen-bond donors (Lipinski definition) is 5. The summed E-state index contributed by atoms with van der Waals surface area (Å²) < 4.78 is 0. The van der Waals surface area contributed by atoms with Crippen molar-refractivity contribution in [2.45, 2.75) is 25.4 Å². The Balaban J connectivity index is 2.88. The van der Waals surface area contributed by atoms with Crippen LogP contribution >= 0.6 is 0 Å². The average Bonchev–Trinajstić information content (AvgIpc) is 2.49. The number of aliphatic hydroxyl groups is 1. The topological polar surface area (TPSA) is 125 Å². The van der Waals surface area contributed by atoms with Gasteiger partial charge < -0.3 is 16.2 Å². The molecule has 7 heteroatoms. The molecule has 0 unspecified atom stereocenters. The minimum Gasteiger partial charge on any atom is -0.384 e. The molecule has 2 amide bonds. The molecule has 0 fully saturated rings. The van der Waals surface area contributed by atoms with Gasteiger partial charge in [-0.05, 0) is 38.1 Å². The number of hydroxylamine groups is 1. The normalized spacial score (nSPS) is 11.9.